The molecule has 0 bridgehead atoms. The Balaban J connectivity index is 1.38. The zero-order valence-corrected chi connectivity index (χ0v) is 32.4. The molecule has 0 atom stereocenters. The molecule has 0 heterocycles. The molecular weight excluding hydrogens is 663 g/mol. The van der Waals surface area contributed by atoms with Crippen molar-refractivity contribution < 1.29 is 0 Å². The molecule has 1 N–H and O–H groups in total. The van der Waals surface area contributed by atoms with Gasteiger partial charge in [0.05, 0.1) is 0 Å². The Morgan fingerprint density at radius 3 is 2.40 bits per heavy atom. The Bertz CT molecular complexity index is 2550. The van der Waals surface area contributed by atoms with Gasteiger partial charge in [0.15, 0.2) is 7.28 Å². The molecular formula is C52H47BN2. The van der Waals surface area contributed by atoms with E-state index in [2.05, 4.69) is 184 Å². The maximum atomic E-state index is 3.93. The summed E-state index contributed by atoms with van der Waals surface area (Å²) in [7, 11) is 0.819. The predicted molar refractivity (Wildman–Crippen MR) is 240 cm³/mol. The first-order valence-corrected chi connectivity index (χ1v) is 19.4. The van der Waals surface area contributed by atoms with Gasteiger partial charge in [0.1, 0.15) is 0 Å². The Hall–Kier alpha value is -6.28. The predicted octanol–water partition coefficient (Wildman–Crippen LogP) is 12.0. The SMILES string of the molecule is C=C/C=C\C=C/N(c1ccccc1)c1cc(C)c(Bc2cccc(C3=C(C)C=CCC3)c2C)c(-c2c(Nc3ccccc3C)ccc3c2C2=C(C=C=C2)C3)c1. The van der Waals surface area contributed by atoms with Crippen LogP contribution in [0.25, 0.3) is 22.3 Å². The first kappa shape index (κ1) is 35.7. The number of rotatable bonds is 11. The van der Waals surface area contributed by atoms with E-state index in [9.17, 15) is 0 Å². The average molecular weight is 711 g/mol. The molecule has 2 nitrogen and oxygen atoms in total. The van der Waals surface area contributed by atoms with E-state index in [1.165, 1.54) is 77.7 Å². The zero-order chi connectivity index (χ0) is 37.9. The molecule has 0 aliphatic heterocycles. The van der Waals surface area contributed by atoms with E-state index in [0.29, 0.717) is 0 Å². The first-order valence-electron chi connectivity index (χ1n) is 19.4. The van der Waals surface area contributed by atoms with Crippen LogP contribution in [0.4, 0.5) is 22.7 Å². The minimum Gasteiger partial charge on any atom is -0.355 e. The minimum atomic E-state index is 0.819. The molecule has 5 aromatic carbocycles. The van der Waals surface area contributed by atoms with Crippen LogP contribution in [0.2, 0.25) is 0 Å². The van der Waals surface area contributed by atoms with Crippen LogP contribution < -0.4 is 21.1 Å². The van der Waals surface area contributed by atoms with E-state index in [4.69, 9.17) is 0 Å². The van der Waals surface area contributed by atoms with Crippen LogP contribution in [-0.4, -0.2) is 7.28 Å². The van der Waals surface area contributed by atoms with Crippen molar-refractivity contribution in [3.63, 3.8) is 0 Å². The van der Waals surface area contributed by atoms with Crippen molar-refractivity contribution in [2.45, 2.75) is 47.0 Å². The van der Waals surface area contributed by atoms with E-state index in [1.54, 1.807) is 0 Å². The maximum Gasteiger partial charge on any atom is 0.193 e. The molecule has 8 rings (SSSR count). The second-order valence-electron chi connectivity index (χ2n) is 14.9. The molecule has 268 valence electrons. The van der Waals surface area contributed by atoms with Gasteiger partial charge in [-0.1, -0.05) is 114 Å². The van der Waals surface area contributed by atoms with Crippen molar-refractivity contribution in [3.8, 4) is 11.1 Å². The molecule has 0 amide bonds. The van der Waals surface area contributed by atoms with Gasteiger partial charge in [-0.25, -0.2) is 0 Å². The van der Waals surface area contributed by atoms with E-state index >= 15 is 0 Å². The summed E-state index contributed by atoms with van der Waals surface area (Å²) in [4.78, 5) is 2.30. The average Bonchev–Trinajstić information content (AvgIpc) is 3.80. The van der Waals surface area contributed by atoms with Gasteiger partial charge in [0, 0.05) is 34.5 Å². The summed E-state index contributed by atoms with van der Waals surface area (Å²) < 4.78 is 0. The smallest absolute Gasteiger partial charge is 0.193 e. The number of hydrogen-bond acceptors (Lipinski definition) is 2. The van der Waals surface area contributed by atoms with Crippen molar-refractivity contribution in [2.75, 3.05) is 10.2 Å². The monoisotopic (exact) mass is 710 g/mol. The summed E-state index contributed by atoms with van der Waals surface area (Å²) >= 11 is 0. The van der Waals surface area contributed by atoms with Gasteiger partial charge in [0.2, 0.25) is 0 Å². The maximum absolute atomic E-state index is 3.93. The van der Waals surface area contributed by atoms with Gasteiger partial charge >= 0.3 is 0 Å². The molecule has 3 aliphatic rings. The molecule has 0 saturated carbocycles. The number of anilines is 4. The standard InChI is InChI=1S/C52H47BN2/c1-6-7-8-16-31-55(41-22-10-9-11-23-41)42-32-37(4)52(53-47-27-18-25-44(38(47)5)43-24-14-12-19-35(43)2)46(34-42)51-49(54-48-28-15-13-20-36(48)3)30-29-40-33-39-21-17-26-45(39)50(40)51/h6-13,15-16,18-23,25-32,34,53-54H,1,14,24,33H2,2-5H3/b8-7-,31-16-. The van der Waals surface area contributed by atoms with E-state index < -0.39 is 0 Å². The largest absolute Gasteiger partial charge is 0.355 e. The highest BCUT2D eigenvalue weighted by Crippen LogP contribution is 2.47. The third kappa shape index (κ3) is 7.08. The van der Waals surface area contributed by atoms with Crippen LogP contribution in [-0.2, 0) is 6.42 Å². The molecule has 0 radical (unpaired) electrons. The molecule has 55 heavy (non-hydrogen) atoms. The number of allylic oxidation sites excluding steroid dienone is 11. The molecule has 0 unspecified atom stereocenters. The van der Waals surface area contributed by atoms with Crippen LogP contribution in [0.15, 0.2) is 175 Å². The fourth-order valence-electron chi connectivity index (χ4n) is 8.43. The third-order valence-electron chi connectivity index (χ3n) is 11.4. The van der Waals surface area contributed by atoms with Crippen molar-refractivity contribution in [1.82, 2.24) is 0 Å². The van der Waals surface area contributed by atoms with E-state index in [0.717, 1.165) is 49.3 Å². The summed E-state index contributed by atoms with van der Waals surface area (Å²) in [5.74, 6) is 0. The van der Waals surface area contributed by atoms with Crippen molar-refractivity contribution in [2.24, 2.45) is 0 Å². The van der Waals surface area contributed by atoms with Crippen LogP contribution >= 0.6 is 0 Å². The molecule has 0 saturated heterocycles. The van der Waals surface area contributed by atoms with Crippen LogP contribution in [0.3, 0.4) is 0 Å². The molecule has 3 aliphatic carbocycles. The van der Waals surface area contributed by atoms with Crippen LogP contribution in [0.1, 0.15) is 53.1 Å². The van der Waals surface area contributed by atoms with Crippen LogP contribution in [0, 0.1) is 20.8 Å². The lowest BCUT2D eigenvalue weighted by atomic mass is 9.58. The second kappa shape index (κ2) is 15.6. The van der Waals surface area contributed by atoms with Crippen molar-refractivity contribution in [3.05, 3.63) is 209 Å². The molecule has 3 heteroatoms. The van der Waals surface area contributed by atoms with Crippen LogP contribution in [0.5, 0.6) is 0 Å². The highest BCUT2D eigenvalue weighted by Gasteiger charge is 2.29. The van der Waals surface area contributed by atoms with Gasteiger partial charge < -0.3 is 10.2 Å². The summed E-state index contributed by atoms with van der Waals surface area (Å²) in [6.07, 6.45) is 22.1. The topological polar surface area (TPSA) is 15.3 Å². The summed E-state index contributed by atoms with van der Waals surface area (Å²) in [5, 5.41) is 3.93. The Morgan fingerprint density at radius 1 is 0.745 bits per heavy atom. The van der Waals surface area contributed by atoms with Gasteiger partial charge in [-0.3, -0.25) is 0 Å². The highest BCUT2D eigenvalue weighted by atomic mass is 15.1. The Labute approximate surface area is 327 Å². The molecule has 0 aromatic heterocycles. The lowest BCUT2D eigenvalue weighted by Crippen LogP contribution is -2.33. The van der Waals surface area contributed by atoms with E-state index in [-0.39, 0.29) is 0 Å². The van der Waals surface area contributed by atoms with Crippen molar-refractivity contribution >= 4 is 52.1 Å². The van der Waals surface area contributed by atoms with Gasteiger partial charge in [0.25, 0.3) is 0 Å². The highest BCUT2D eigenvalue weighted by molar-refractivity contribution is 6.70. The Morgan fingerprint density at radius 2 is 1.58 bits per heavy atom. The lowest BCUT2D eigenvalue weighted by Gasteiger charge is -2.27. The molecule has 5 aromatic rings. The second-order valence-corrected chi connectivity index (χ2v) is 14.9. The molecule has 0 spiro atoms. The van der Waals surface area contributed by atoms with E-state index in [1.807, 2.05) is 18.2 Å². The van der Waals surface area contributed by atoms with Gasteiger partial charge in [-0.2, -0.15) is 0 Å². The normalized spacial score (nSPS) is 14.3. The number of aryl methyl sites for hydroxylation is 2. The lowest BCUT2D eigenvalue weighted by molar-refractivity contribution is 1.03. The Kier molecular flexibility index (Phi) is 10.1. The number of hydrogen-bond donors (Lipinski definition) is 1. The van der Waals surface area contributed by atoms with Gasteiger partial charge in [-0.05, 0) is 157 Å². The zero-order valence-electron chi connectivity index (χ0n) is 32.4. The minimum absolute atomic E-state index is 0.819. The van der Waals surface area contributed by atoms with Crippen molar-refractivity contribution in [1.29, 1.82) is 0 Å². The number of benzene rings is 5. The van der Waals surface area contributed by atoms with Gasteiger partial charge in [-0.15, -0.1) is 5.73 Å². The number of nitrogens with one attached hydrogen (secondary N) is 1. The number of fused-ring (bicyclic) bond motifs is 2. The fourth-order valence-corrected chi connectivity index (χ4v) is 8.43. The molecule has 0 fully saturated rings. The summed E-state index contributed by atoms with van der Waals surface area (Å²) in [6, 6.07) is 35.5. The fraction of sp³-hybridized carbons (Fsp3) is 0.135. The summed E-state index contributed by atoms with van der Waals surface area (Å²) in [5.41, 5.74) is 26.4. The number of para-hydroxylation sites is 2. The first-order chi connectivity index (χ1) is 26.9. The number of nitrogens with zero attached hydrogens (tertiary/aromatic N) is 1. The quantitative estimate of drug-likeness (QED) is 0.0834. The third-order valence-corrected chi connectivity index (χ3v) is 11.4. The summed E-state index contributed by atoms with van der Waals surface area (Å²) in [6.45, 7) is 12.9.